The maximum absolute atomic E-state index is 10.2. The fourth-order valence-corrected chi connectivity index (χ4v) is 1.18. The average molecular weight is 158 g/mol. The van der Waals surface area contributed by atoms with Crippen LogP contribution in [0.15, 0.2) is 0 Å². The van der Waals surface area contributed by atoms with E-state index in [1.165, 1.54) is 0 Å². The molecule has 2 atom stereocenters. The summed E-state index contributed by atoms with van der Waals surface area (Å²) in [6, 6.07) is 0. The molecule has 1 rings (SSSR count). The molecule has 0 aromatic rings. The summed E-state index contributed by atoms with van der Waals surface area (Å²) in [5.41, 5.74) is 0. The lowest BCUT2D eigenvalue weighted by Gasteiger charge is -2.05. The standard InChI is InChI=1S/C7H10O4/c8-4-6-2-1-5(11-6)3-7(9)10/h4-6H,1-3H2,(H,9,10)/t5-,6+/m1/s1. The van der Waals surface area contributed by atoms with E-state index >= 15 is 0 Å². The van der Waals surface area contributed by atoms with Crippen LogP contribution in [0.4, 0.5) is 0 Å². The average Bonchev–Trinajstić information content (AvgIpc) is 2.34. The van der Waals surface area contributed by atoms with Crippen molar-refractivity contribution >= 4 is 12.3 Å². The number of rotatable bonds is 3. The third-order valence-corrected chi connectivity index (χ3v) is 1.69. The molecule has 4 nitrogen and oxygen atoms in total. The SMILES string of the molecule is O=C[C@@H]1CC[C@H](CC(=O)O)O1. The van der Waals surface area contributed by atoms with E-state index in [1.54, 1.807) is 0 Å². The molecule has 1 fully saturated rings. The zero-order valence-corrected chi connectivity index (χ0v) is 6.03. The van der Waals surface area contributed by atoms with Gasteiger partial charge in [0.15, 0.2) is 0 Å². The highest BCUT2D eigenvalue weighted by Gasteiger charge is 2.26. The first-order chi connectivity index (χ1) is 5.22. The molecule has 1 saturated heterocycles. The number of aliphatic carboxylic acids is 1. The number of hydrogen-bond acceptors (Lipinski definition) is 3. The zero-order chi connectivity index (χ0) is 8.27. The molecular weight excluding hydrogens is 148 g/mol. The highest BCUT2D eigenvalue weighted by Crippen LogP contribution is 2.20. The number of carbonyl (C=O) groups is 2. The molecule has 1 N–H and O–H groups in total. The molecule has 1 aliphatic rings. The van der Waals surface area contributed by atoms with Crippen molar-refractivity contribution in [1.82, 2.24) is 0 Å². The Morgan fingerprint density at radius 3 is 2.82 bits per heavy atom. The van der Waals surface area contributed by atoms with Gasteiger partial charge in [-0.25, -0.2) is 0 Å². The van der Waals surface area contributed by atoms with E-state index in [9.17, 15) is 9.59 Å². The van der Waals surface area contributed by atoms with E-state index < -0.39 is 5.97 Å². The highest BCUT2D eigenvalue weighted by molar-refractivity contribution is 5.67. The van der Waals surface area contributed by atoms with E-state index in [-0.39, 0.29) is 18.6 Å². The van der Waals surface area contributed by atoms with Crippen molar-refractivity contribution in [2.45, 2.75) is 31.5 Å². The minimum absolute atomic E-state index is 0.00431. The van der Waals surface area contributed by atoms with Crippen molar-refractivity contribution < 1.29 is 19.4 Å². The fraction of sp³-hybridized carbons (Fsp3) is 0.714. The topological polar surface area (TPSA) is 63.6 Å². The molecule has 4 heteroatoms. The van der Waals surface area contributed by atoms with Crippen LogP contribution < -0.4 is 0 Å². The molecule has 0 spiro atoms. The second kappa shape index (κ2) is 3.48. The minimum atomic E-state index is -0.874. The minimum Gasteiger partial charge on any atom is -0.481 e. The summed E-state index contributed by atoms with van der Waals surface area (Å²) in [7, 11) is 0. The number of ether oxygens (including phenoxy) is 1. The first kappa shape index (κ1) is 8.20. The number of carboxylic acids is 1. The molecule has 0 aromatic carbocycles. The highest BCUT2D eigenvalue weighted by atomic mass is 16.5. The number of carbonyl (C=O) groups excluding carboxylic acids is 1. The Bertz CT molecular complexity index is 166. The Morgan fingerprint density at radius 1 is 1.64 bits per heavy atom. The molecule has 1 aliphatic heterocycles. The van der Waals surface area contributed by atoms with Crippen molar-refractivity contribution in [2.75, 3.05) is 0 Å². The van der Waals surface area contributed by atoms with Gasteiger partial charge in [0.1, 0.15) is 12.4 Å². The molecule has 0 amide bonds. The largest absolute Gasteiger partial charge is 0.481 e. The Hall–Kier alpha value is -0.900. The molecule has 11 heavy (non-hydrogen) atoms. The van der Waals surface area contributed by atoms with Crippen molar-refractivity contribution in [3.63, 3.8) is 0 Å². The smallest absolute Gasteiger partial charge is 0.305 e. The van der Waals surface area contributed by atoms with Crippen LogP contribution in [0, 0.1) is 0 Å². The predicted octanol–water partition coefficient (Wildman–Crippen LogP) is 0.208. The molecule has 1 heterocycles. The van der Waals surface area contributed by atoms with Gasteiger partial charge in [-0.1, -0.05) is 0 Å². The van der Waals surface area contributed by atoms with Gasteiger partial charge in [-0.3, -0.25) is 4.79 Å². The van der Waals surface area contributed by atoms with Crippen LogP contribution >= 0.6 is 0 Å². The van der Waals surface area contributed by atoms with Gasteiger partial charge in [0, 0.05) is 0 Å². The third-order valence-electron chi connectivity index (χ3n) is 1.69. The first-order valence-corrected chi connectivity index (χ1v) is 3.55. The molecule has 62 valence electrons. The summed E-state index contributed by atoms with van der Waals surface area (Å²) in [4.78, 5) is 20.3. The van der Waals surface area contributed by atoms with Crippen LogP contribution in [0.2, 0.25) is 0 Å². The van der Waals surface area contributed by atoms with Crippen molar-refractivity contribution in [3.8, 4) is 0 Å². The molecule has 0 radical (unpaired) electrons. The lowest BCUT2D eigenvalue weighted by atomic mass is 10.1. The van der Waals surface area contributed by atoms with Crippen LogP contribution in [0.5, 0.6) is 0 Å². The van der Waals surface area contributed by atoms with Crippen LogP contribution in [-0.4, -0.2) is 29.6 Å². The second-order valence-electron chi connectivity index (χ2n) is 2.61. The van der Waals surface area contributed by atoms with Gasteiger partial charge >= 0.3 is 5.97 Å². The summed E-state index contributed by atoms with van der Waals surface area (Å²) >= 11 is 0. The Morgan fingerprint density at radius 2 is 2.36 bits per heavy atom. The zero-order valence-electron chi connectivity index (χ0n) is 6.03. The Balaban J connectivity index is 2.29. The fourth-order valence-electron chi connectivity index (χ4n) is 1.18. The van der Waals surface area contributed by atoms with Crippen molar-refractivity contribution in [2.24, 2.45) is 0 Å². The van der Waals surface area contributed by atoms with Gasteiger partial charge in [-0.05, 0) is 12.8 Å². The van der Waals surface area contributed by atoms with Crippen molar-refractivity contribution in [3.05, 3.63) is 0 Å². The molecule has 0 aromatic heterocycles. The summed E-state index contributed by atoms with van der Waals surface area (Å²) in [6.07, 6.45) is 1.42. The third kappa shape index (κ3) is 2.31. The quantitative estimate of drug-likeness (QED) is 0.596. The number of carboxylic acid groups (broad SMARTS) is 1. The number of aldehydes is 1. The van der Waals surface area contributed by atoms with E-state index in [0.29, 0.717) is 12.8 Å². The van der Waals surface area contributed by atoms with Crippen LogP contribution in [0.1, 0.15) is 19.3 Å². The van der Waals surface area contributed by atoms with Gasteiger partial charge in [0.25, 0.3) is 0 Å². The predicted molar refractivity (Wildman–Crippen MR) is 36.2 cm³/mol. The number of hydrogen-bond donors (Lipinski definition) is 1. The van der Waals surface area contributed by atoms with Gasteiger partial charge < -0.3 is 14.6 Å². The Kier molecular flexibility index (Phi) is 2.59. The molecule has 0 saturated carbocycles. The summed E-state index contributed by atoms with van der Waals surface area (Å²) in [6.45, 7) is 0. The first-order valence-electron chi connectivity index (χ1n) is 3.55. The van der Waals surface area contributed by atoms with E-state index in [1.807, 2.05) is 0 Å². The van der Waals surface area contributed by atoms with E-state index in [2.05, 4.69) is 0 Å². The van der Waals surface area contributed by atoms with Gasteiger partial charge in [-0.2, -0.15) is 0 Å². The summed E-state index contributed by atoms with van der Waals surface area (Å²) in [5.74, 6) is -0.874. The van der Waals surface area contributed by atoms with Crippen LogP contribution in [-0.2, 0) is 14.3 Å². The Labute approximate surface area is 64.2 Å². The molecule has 0 bridgehead atoms. The van der Waals surface area contributed by atoms with Gasteiger partial charge in [-0.15, -0.1) is 0 Å². The summed E-state index contributed by atoms with van der Waals surface area (Å²) < 4.78 is 5.07. The monoisotopic (exact) mass is 158 g/mol. The lowest BCUT2D eigenvalue weighted by Crippen LogP contribution is -2.15. The molecule has 0 aliphatic carbocycles. The molecule has 0 unspecified atom stereocenters. The normalized spacial score (nSPS) is 30.2. The second-order valence-corrected chi connectivity index (χ2v) is 2.61. The summed E-state index contributed by atoms with van der Waals surface area (Å²) in [5, 5.41) is 8.36. The van der Waals surface area contributed by atoms with Gasteiger partial charge in [0.2, 0.25) is 0 Å². The van der Waals surface area contributed by atoms with Crippen LogP contribution in [0.3, 0.4) is 0 Å². The molecular formula is C7H10O4. The lowest BCUT2D eigenvalue weighted by molar-refractivity contribution is -0.140. The van der Waals surface area contributed by atoms with E-state index in [0.717, 1.165) is 6.29 Å². The maximum atomic E-state index is 10.2. The van der Waals surface area contributed by atoms with Crippen LogP contribution in [0.25, 0.3) is 0 Å². The van der Waals surface area contributed by atoms with Gasteiger partial charge in [0.05, 0.1) is 12.5 Å². The van der Waals surface area contributed by atoms with Crippen molar-refractivity contribution in [1.29, 1.82) is 0 Å². The maximum Gasteiger partial charge on any atom is 0.305 e. The van der Waals surface area contributed by atoms with E-state index in [4.69, 9.17) is 9.84 Å².